The van der Waals surface area contributed by atoms with Gasteiger partial charge in [0.25, 0.3) is 5.96 Å². The van der Waals surface area contributed by atoms with Crippen LogP contribution in [0.3, 0.4) is 0 Å². The lowest BCUT2D eigenvalue weighted by Crippen LogP contribution is -2.28. The van der Waals surface area contributed by atoms with Crippen LogP contribution < -0.4 is 11.2 Å². The van der Waals surface area contributed by atoms with Gasteiger partial charge >= 0.3 is 5.97 Å². The standard InChI is InChI=1S/C10H11N5O4/c1-19-9(16)8-4-2-7(3-5-8)6-12-13-10(11)14-15(17)18/h2-6H,1H3,(H3,11,13,14)/b12-6-. The van der Waals surface area contributed by atoms with Gasteiger partial charge in [-0.3, -0.25) is 0 Å². The zero-order chi connectivity index (χ0) is 14.3. The molecule has 0 bridgehead atoms. The number of hydrogen-bond donors (Lipinski definition) is 2. The van der Waals surface area contributed by atoms with E-state index in [0.29, 0.717) is 11.1 Å². The van der Waals surface area contributed by atoms with Crippen LogP contribution in [-0.2, 0) is 4.74 Å². The molecule has 0 heterocycles. The lowest BCUT2D eigenvalue weighted by atomic mass is 10.1. The molecule has 0 radical (unpaired) electrons. The number of benzene rings is 1. The monoisotopic (exact) mass is 265 g/mol. The van der Waals surface area contributed by atoms with Gasteiger partial charge in [-0.15, -0.1) is 0 Å². The van der Waals surface area contributed by atoms with Crippen LogP contribution in [0.4, 0.5) is 0 Å². The molecule has 0 unspecified atom stereocenters. The Balaban J connectivity index is 2.63. The van der Waals surface area contributed by atoms with Gasteiger partial charge in [0.05, 0.1) is 18.9 Å². The molecule has 0 aliphatic heterocycles. The van der Waals surface area contributed by atoms with Crippen molar-refractivity contribution >= 4 is 18.1 Å². The summed E-state index contributed by atoms with van der Waals surface area (Å²) in [5.74, 6) is -0.878. The van der Waals surface area contributed by atoms with Crippen molar-refractivity contribution in [3.63, 3.8) is 0 Å². The summed E-state index contributed by atoms with van der Waals surface area (Å²) >= 11 is 0. The molecule has 0 saturated heterocycles. The Morgan fingerprint density at radius 2 is 2.11 bits per heavy atom. The average molecular weight is 265 g/mol. The number of nitrogens with two attached hydrogens (primary N) is 1. The summed E-state index contributed by atoms with van der Waals surface area (Å²) in [4.78, 5) is 21.1. The normalized spacial score (nSPS) is 11.3. The van der Waals surface area contributed by atoms with Gasteiger partial charge in [0.2, 0.25) is 0 Å². The number of esters is 1. The average Bonchev–Trinajstić information content (AvgIpc) is 2.37. The highest BCUT2D eigenvalue weighted by Crippen LogP contribution is 2.03. The molecule has 0 atom stereocenters. The molecule has 1 aromatic rings. The first-order chi connectivity index (χ1) is 9.02. The van der Waals surface area contributed by atoms with E-state index in [1.54, 1.807) is 24.3 Å². The maximum Gasteiger partial charge on any atom is 0.337 e. The molecule has 0 amide bonds. The second-order valence-electron chi connectivity index (χ2n) is 3.21. The highest BCUT2D eigenvalue weighted by atomic mass is 16.7. The first kappa shape index (κ1) is 14.1. The Labute approximate surface area is 107 Å². The van der Waals surface area contributed by atoms with Crippen molar-refractivity contribution in [2.75, 3.05) is 7.11 Å². The van der Waals surface area contributed by atoms with Crippen LogP contribution in [0.25, 0.3) is 0 Å². The molecule has 0 saturated carbocycles. The van der Waals surface area contributed by atoms with Crippen LogP contribution in [0.5, 0.6) is 0 Å². The van der Waals surface area contributed by atoms with Crippen LogP contribution in [0, 0.1) is 10.1 Å². The number of carbonyl (C=O) groups is 1. The van der Waals surface area contributed by atoms with Gasteiger partial charge in [-0.05, 0) is 17.7 Å². The zero-order valence-electron chi connectivity index (χ0n) is 9.94. The number of methoxy groups -OCH3 is 1. The minimum absolute atomic E-state index is 0.405. The third-order valence-electron chi connectivity index (χ3n) is 1.91. The molecule has 1 aromatic carbocycles. The molecule has 0 fully saturated rings. The van der Waals surface area contributed by atoms with E-state index in [1.165, 1.54) is 13.3 Å². The molecule has 19 heavy (non-hydrogen) atoms. The van der Waals surface area contributed by atoms with E-state index in [-0.39, 0.29) is 0 Å². The summed E-state index contributed by atoms with van der Waals surface area (Å²) in [7, 11) is 1.29. The fraction of sp³-hybridized carbons (Fsp3) is 0.100. The fourth-order valence-electron chi connectivity index (χ4n) is 1.11. The van der Waals surface area contributed by atoms with Crippen LogP contribution in [0.2, 0.25) is 0 Å². The molecule has 1 rings (SSSR count). The first-order valence-electron chi connectivity index (χ1n) is 4.99. The lowest BCUT2D eigenvalue weighted by molar-refractivity contribution is -0.485. The van der Waals surface area contributed by atoms with Gasteiger partial charge in [0.15, 0.2) is 5.03 Å². The quantitative estimate of drug-likeness (QED) is 0.257. The largest absolute Gasteiger partial charge is 0.465 e. The number of ether oxygens (including phenoxy) is 1. The van der Waals surface area contributed by atoms with E-state index in [9.17, 15) is 14.9 Å². The van der Waals surface area contributed by atoms with Crippen molar-refractivity contribution < 1.29 is 14.6 Å². The molecular formula is C10H11N5O4. The molecule has 0 aliphatic carbocycles. The number of nitrogens with zero attached hydrogens (tertiary/aromatic N) is 3. The Morgan fingerprint density at radius 3 is 2.63 bits per heavy atom. The lowest BCUT2D eigenvalue weighted by Gasteiger charge is -1.99. The maximum absolute atomic E-state index is 11.2. The Kier molecular flexibility index (Phi) is 4.96. The summed E-state index contributed by atoms with van der Waals surface area (Å²) in [5.41, 5.74) is 8.38. The molecule has 9 nitrogen and oxygen atoms in total. The minimum Gasteiger partial charge on any atom is -0.465 e. The Hall–Kier alpha value is -2.97. The van der Waals surface area contributed by atoms with Crippen LogP contribution in [-0.4, -0.2) is 30.3 Å². The van der Waals surface area contributed by atoms with Crippen molar-refractivity contribution in [3.05, 3.63) is 45.5 Å². The van der Waals surface area contributed by atoms with E-state index < -0.39 is 17.0 Å². The third kappa shape index (κ3) is 4.81. The van der Waals surface area contributed by atoms with Gasteiger partial charge in [-0.2, -0.15) is 5.10 Å². The van der Waals surface area contributed by atoms with Crippen molar-refractivity contribution in [3.8, 4) is 0 Å². The van der Waals surface area contributed by atoms with Gasteiger partial charge in [-0.25, -0.2) is 20.3 Å². The van der Waals surface area contributed by atoms with Gasteiger partial charge in [0.1, 0.15) is 5.10 Å². The molecule has 100 valence electrons. The number of hydrogen-bond acceptors (Lipinski definition) is 5. The number of guanidine groups is 1. The zero-order valence-corrected chi connectivity index (χ0v) is 9.94. The molecule has 0 aliphatic rings. The predicted octanol–water partition coefficient (Wildman–Crippen LogP) is -0.0969. The first-order valence-corrected chi connectivity index (χ1v) is 4.99. The van der Waals surface area contributed by atoms with Gasteiger partial charge < -0.3 is 10.5 Å². The van der Waals surface area contributed by atoms with Crippen molar-refractivity contribution in [1.82, 2.24) is 5.43 Å². The summed E-state index contributed by atoms with van der Waals surface area (Å²) in [6.45, 7) is 0. The highest BCUT2D eigenvalue weighted by Gasteiger charge is 2.03. The summed E-state index contributed by atoms with van der Waals surface area (Å²) in [6.07, 6.45) is 1.36. The Morgan fingerprint density at radius 1 is 1.47 bits per heavy atom. The second kappa shape index (κ2) is 6.69. The summed E-state index contributed by atoms with van der Waals surface area (Å²) in [5, 5.41) is 15.5. The molecule has 3 N–H and O–H groups in total. The van der Waals surface area contributed by atoms with Crippen molar-refractivity contribution in [2.45, 2.75) is 0 Å². The van der Waals surface area contributed by atoms with Crippen LogP contribution in [0.1, 0.15) is 15.9 Å². The van der Waals surface area contributed by atoms with Crippen LogP contribution in [0.15, 0.2) is 34.5 Å². The SMILES string of the molecule is COC(=O)c1ccc(/C=N\N/C(N)=N\[N+](=O)[O-])cc1. The van der Waals surface area contributed by atoms with Gasteiger partial charge in [0, 0.05) is 0 Å². The molecule has 0 aromatic heterocycles. The molecule has 9 heteroatoms. The van der Waals surface area contributed by atoms with E-state index >= 15 is 0 Å². The fourth-order valence-corrected chi connectivity index (χ4v) is 1.11. The van der Waals surface area contributed by atoms with E-state index in [2.05, 4.69) is 20.4 Å². The van der Waals surface area contributed by atoms with Gasteiger partial charge in [-0.1, -0.05) is 12.1 Å². The Bertz CT molecular complexity index is 523. The third-order valence-corrected chi connectivity index (χ3v) is 1.91. The minimum atomic E-state index is -0.941. The predicted molar refractivity (Wildman–Crippen MR) is 67.1 cm³/mol. The number of nitro groups is 1. The molecular weight excluding hydrogens is 254 g/mol. The summed E-state index contributed by atoms with van der Waals surface area (Å²) in [6, 6.07) is 6.36. The highest BCUT2D eigenvalue weighted by molar-refractivity contribution is 5.90. The van der Waals surface area contributed by atoms with Crippen molar-refractivity contribution in [1.29, 1.82) is 0 Å². The number of carbonyl (C=O) groups excluding carboxylic acids is 1. The van der Waals surface area contributed by atoms with E-state index in [1.807, 2.05) is 0 Å². The maximum atomic E-state index is 11.2. The van der Waals surface area contributed by atoms with Crippen molar-refractivity contribution in [2.24, 2.45) is 15.9 Å². The smallest absolute Gasteiger partial charge is 0.337 e. The topological polar surface area (TPSA) is 132 Å². The van der Waals surface area contributed by atoms with E-state index in [4.69, 9.17) is 5.73 Å². The van der Waals surface area contributed by atoms with E-state index in [0.717, 1.165) is 0 Å². The van der Waals surface area contributed by atoms with Crippen LogP contribution >= 0.6 is 0 Å². The molecule has 0 spiro atoms. The second-order valence-corrected chi connectivity index (χ2v) is 3.21. The number of rotatable bonds is 4. The summed E-state index contributed by atoms with van der Waals surface area (Å²) < 4.78 is 4.54. The number of nitrogens with one attached hydrogen (secondary N) is 1. The number of hydrazone groups is 2.